The van der Waals surface area contributed by atoms with Crippen molar-refractivity contribution in [2.45, 2.75) is 31.9 Å². The molecule has 5 nitrogen and oxygen atoms in total. The van der Waals surface area contributed by atoms with Crippen LogP contribution in [0.3, 0.4) is 0 Å². The van der Waals surface area contributed by atoms with Crippen molar-refractivity contribution in [3.8, 4) is 5.75 Å². The lowest BCUT2D eigenvalue weighted by atomic mass is 9.96. The van der Waals surface area contributed by atoms with Crippen molar-refractivity contribution in [2.24, 2.45) is 7.05 Å². The quantitative estimate of drug-likeness (QED) is 0.886. The topological polar surface area (TPSA) is 56.1 Å². The molecule has 0 aliphatic heterocycles. The summed E-state index contributed by atoms with van der Waals surface area (Å²) in [4.78, 5) is 11.8. The van der Waals surface area contributed by atoms with Gasteiger partial charge in [-0.15, -0.1) is 0 Å². The Hall–Kier alpha value is -1.82. The summed E-state index contributed by atoms with van der Waals surface area (Å²) in [5.41, 5.74) is 1.59. The van der Waals surface area contributed by atoms with Gasteiger partial charge in [0.1, 0.15) is 10.2 Å². The van der Waals surface area contributed by atoms with Gasteiger partial charge in [0.25, 0.3) is 5.56 Å². The maximum Gasteiger partial charge on any atom is 0.282 e. The zero-order chi connectivity index (χ0) is 15.5. The first-order chi connectivity index (χ1) is 10.6. The minimum Gasteiger partial charge on any atom is -0.490 e. The molecular formula is C16H18BrN3O2. The molecule has 116 valence electrons. The summed E-state index contributed by atoms with van der Waals surface area (Å²) in [6, 6.07) is 7.99. The van der Waals surface area contributed by atoms with Crippen LogP contribution in [0.1, 0.15) is 24.8 Å². The fourth-order valence-electron chi connectivity index (χ4n) is 2.26. The first kappa shape index (κ1) is 15.1. The standard InChI is InChI=1S/C16H18BrN3O2/c1-20-16(21)15(17)13(10-19-20)18-9-11-5-2-3-8-14(11)22-12-6-4-7-12/h2-3,5,8,10,12,18H,4,6-7,9H2,1H3. The van der Waals surface area contributed by atoms with E-state index in [1.165, 1.54) is 11.1 Å². The maximum absolute atomic E-state index is 11.8. The third-order valence-corrected chi connectivity index (χ3v) is 4.63. The molecule has 0 unspecified atom stereocenters. The Labute approximate surface area is 137 Å². The summed E-state index contributed by atoms with van der Waals surface area (Å²) < 4.78 is 7.79. The molecule has 0 atom stereocenters. The number of aryl methyl sites for hydroxylation is 1. The Morgan fingerprint density at radius 3 is 2.91 bits per heavy atom. The molecule has 1 heterocycles. The van der Waals surface area contributed by atoms with E-state index in [1.54, 1.807) is 13.2 Å². The summed E-state index contributed by atoms with van der Waals surface area (Å²) in [7, 11) is 1.62. The summed E-state index contributed by atoms with van der Waals surface area (Å²) >= 11 is 3.32. The van der Waals surface area contributed by atoms with E-state index in [2.05, 4.69) is 26.3 Å². The number of aromatic nitrogens is 2. The number of nitrogens with one attached hydrogen (secondary N) is 1. The van der Waals surface area contributed by atoms with Crippen LogP contribution < -0.4 is 15.6 Å². The predicted octanol–water partition coefficient (Wildman–Crippen LogP) is 3.09. The van der Waals surface area contributed by atoms with Gasteiger partial charge in [-0.3, -0.25) is 4.79 Å². The molecule has 1 aromatic carbocycles. The smallest absolute Gasteiger partial charge is 0.282 e. The zero-order valence-electron chi connectivity index (χ0n) is 12.4. The highest BCUT2D eigenvalue weighted by Crippen LogP contribution is 2.28. The highest BCUT2D eigenvalue weighted by Gasteiger charge is 2.20. The number of halogens is 1. The largest absolute Gasteiger partial charge is 0.490 e. The average molecular weight is 364 g/mol. The molecule has 22 heavy (non-hydrogen) atoms. The Bertz CT molecular complexity index is 726. The summed E-state index contributed by atoms with van der Waals surface area (Å²) in [5.74, 6) is 0.910. The van der Waals surface area contributed by atoms with E-state index in [9.17, 15) is 4.79 Å². The highest BCUT2D eigenvalue weighted by molar-refractivity contribution is 9.10. The number of benzene rings is 1. The second kappa shape index (κ2) is 6.52. The van der Waals surface area contributed by atoms with Crippen molar-refractivity contribution < 1.29 is 4.74 Å². The van der Waals surface area contributed by atoms with Gasteiger partial charge in [0, 0.05) is 19.2 Å². The molecule has 1 N–H and O–H groups in total. The van der Waals surface area contributed by atoms with Gasteiger partial charge in [-0.1, -0.05) is 18.2 Å². The predicted molar refractivity (Wildman–Crippen MR) is 89.2 cm³/mol. The van der Waals surface area contributed by atoms with Crippen molar-refractivity contribution >= 4 is 21.6 Å². The molecule has 0 spiro atoms. The van der Waals surface area contributed by atoms with Gasteiger partial charge in [-0.2, -0.15) is 5.10 Å². The molecule has 0 bridgehead atoms. The monoisotopic (exact) mass is 363 g/mol. The molecule has 6 heteroatoms. The van der Waals surface area contributed by atoms with Crippen LogP contribution in [0.15, 0.2) is 39.7 Å². The highest BCUT2D eigenvalue weighted by atomic mass is 79.9. The van der Waals surface area contributed by atoms with E-state index < -0.39 is 0 Å². The lowest BCUT2D eigenvalue weighted by Crippen LogP contribution is -2.25. The minimum atomic E-state index is -0.163. The number of para-hydroxylation sites is 1. The van der Waals surface area contributed by atoms with Crippen LogP contribution in [-0.2, 0) is 13.6 Å². The van der Waals surface area contributed by atoms with Crippen LogP contribution in [-0.4, -0.2) is 15.9 Å². The van der Waals surface area contributed by atoms with Gasteiger partial charge in [-0.25, -0.2) is 4.68 Å². The molecule has 3 rings (SSSR count). The van der Waals surface area contributed by atoms with Crippen LogP contribution in [0.2, 0.25) is 0 Å². The van der Waals surface area contributed by atoms with E-state index >= 15 is 0 Å². The van der Waals surface area contributed by atoms with Crippen LogP contribution in [0.25, 0.3) is 0 Å². The number of anilines is 1. The van der Waals surface area contributed by atoms with Crippen LogP contribution in [0.5, 0.6) is 5.75 Å². The SMILES string of the molecule is Cn1ncc(NCc2ccccc2OC2CCC2)c(Br)c1=O. The van der Waals surface area contributed by atoms with Crippen LogP contribution in [0.4, 0.5) is 5.69 Å². The third-order valence-electron chi connectivity index (χ3n) is 3.87. The van der Waals surface area contributed by atoms with Gasteiger partial charge >= 0.3 is 0 Å². The van der Waals surface area contributed by atoms with Crippen molar-refractivity contribution in [3.63, 3.8) is 0 Å². The lowest BCUT2D eigenvalue weighted by molar-refractivity contribution is 0.119. The second-order valence-electron chi connectivity index (χ2n) is 5.43. The van der Waals surface area contributed by atoms with Crippen molar-refractivity contribution in [1.82, 2.24) is 9.78 Å². The molecule has 0 saturated heterocycles. The van der Waals surface area contributed by atoms with E-state index in [0.29, 0.717) is 22.8 Å². The van der Waals surface area contributed by atoms with Crippen LogP contribution in [0, 0.1) is 0 Å². The van der Waals surface area contributed by atoms with E-state index in [1.807, 2.05) is 24.3 Å². The zero-order valence-corrected chi connectivity index (χ0v) is 14.0. The molecule has 2 aromatic rings. The Balaban J connectivity index is 1.74. The minimum absolute atomic E-state index is 0.163. The van der Waals surface area contributed by atoms with Crippen molar-refractivity contribution in [2.75, 3.05) is 5.32 Å². The summed E-state index contributed by atoms with van der Waals surface area (Å²) in [6.45, 7) is 0.580. The molecule has 1 aromatic heterocycles. The van der Waals surface area contributed by atoms with E-state index in [4.69, 9.17) is 4.74 Å². The normalized spacial score (nSPS) is 14.5. The Morgan fingerprint density at radius 1 is 1.41 bits per heavy atom. The number of hydrogen-bond donors (Lipinski definition) is 1. The first-order valence-corrected chi connectivity index (χ1v) is 8.14. The molecule has 1 aliphatic rings. The van der Waals surface area contributed by atoms with E-state index in [0.717, 1.165) is 24.2 Å². The number of ether oxygens (including phenoxy) is 1. The van der Waals surface area contributed by atoms with E-state index in [-0.39, 0.29) is 5.56 Å². The lowest BCUT2D eigenvalue weighted by Gasteiger charge is -2.27. The molecular weight excluding hydrogens is 346 g/mol. The van der Waals surface area contributed by atoms with Gasteiger partial charge < -0.3 is 10.1 Å². The number of hydrogen-bond acceptors (Lipinski definition) is 4. The molecule has 1 fully saturated rings. The summed E-state index contributed by atoms with van der Waals surface area (Å²) in [6.07, 6.45) is 5.49. The molecule has 1 aliphatic carbocycles. The first-order valence-electron chi connectivity index (χ1n) is 7.35. The fourth-order valence-corrected chi connectivity index (χ4v) is 2.76. The average Bonchev–Trinajstić information content (AvgIpc) is 2.49. The van der Waals surface area contributed by atoms with Gasteiger partial charge in [-0.05, 0) is 41.3 Å². The molecule has 0 radical (unpaired) electrons. The number of rotatable bonds is 5. The summed E-state index contributed by atoms with van der Waals surface area (Å²) in [5, 5.41) is 7.27. The fraction of sp³-hybridized carbons (Fsp3) is 0.375. The number of nitrogens with zero attached hydrogens (tertiary/aromatic N) is 2. The molecule has 1 saturated carbocycles. The second-order valence-corrected chi connectivity index (χ2v) is 6.23. The third kappa shape index (κ3) is 3.16. The van der Waals surface area contributed by atoms with Gasteiger partial charge in [0.2, 0.25) is 0 Å². The maximum atomic E-state index is 11.8. The van der Waals surface area contributed by atoms with Gasteiger partial charge in [0.15, 0.2) is 0 Å². The van der Waals surface area contributed by atoms with Crippen molar-refractivity contribution in [1.29, 1.82) is 0 Å². The van der Waals surface area contributed by atoms with Gasteiger partial charge in [0.05, 0.1) is 18.0 Å². The Kier molecular flexibility index (Phi) is 4.47. The van der Waals surface area contributed by atoms with Crippen molar-refractivity contribution in [3.05, 3.63) is 50.9 Å². The Morgan fingerprint density at radius 2 is 2.18 bits per heavy atom. The van der Waals surface area contributed by atoms with Crippen LogP contribution >= 0.6 is 15.9 Å². The molecule has 0 amide bonds.